The Hall–Kier alpha value is -1.83. The van der Waals surface area contributed by atoms with Gasteiger partial charge in [-0.05, 0) is 36.8 Å². The molecule has 1 aromatic rings. The Morgan fingerprint density at radius 3 is 2.42 bits per heavy atom. The Labute approximate surface area is 113 Å². The molecule has 1 aromatic carbocycles. The summed E-state index contributed by atoms with van der Waals surface area (Å²) in [5.41, 5.74) is 9.87. The van der Waals surface area contributed by atoms with Crippen molar-refractivity contribution in [1.29, 1.82) is 0 Å². The molecule has 0 unspecified atom stereocenters. The van der Waals surface area contributed by atoms with E-state index in [0.29, 0.717) is 11.4 Å². The number of nitrogens with one attached hydrogen (secondary N) is 2. The number of alkyl halides is 3. The Kier molecular flexibility index (Phi) is 5.11. The van der Waals surface area contributed by atoms with E-state index in [1.807, 2.05) is 5.32 Å². The normalized spacial score (nSPS) is 12.1. The maximum Gasteiger partial charge on any atom is 0.405 e. The van der Waals surface area contributed by atoms with Gasteiger partial charge in [0.05, 0.1) is 5.71 Å². The smallest absolute Gasteiger partial charge is 0.399 e. The van der Waals surface area contributed by atoms with Crippen molar-refractivity contribution in [3.8, 4) is 0 Å². The van der Waals surface area contributed by atoms with Gasteiger partial charge in [-0.1, -0.05) is 12.1 Å². The Morgan fingerprint density at radius 1 is 1.32 bits per heavy atom. The van der Waals surface area contributed by atoms with E-state index in [1.54, 1.807) is 31.2 Å². The molecule has 0 saturated heterocycles. The van der Waals surface area contributed by atoms with Crippen molar-refractivity contribution >= 4 is 28.7 Å². The molecule has 0 radical (unpaired) electrons. The monoisotopic (exact) mass is 290 g/mol. The third-order valence-corrected chi connectivity index (χ3v) is 2.34. The van der Waals surface area contributed by atoms with Gasteiger partial charge in [-0.25, -0.2) is 0 Å². The minimum Gasteiger partial charge on any atom is -0.399 e. The largest absolute Gasteiger partial charge is 0.405 e. The molecule has 4 N–H and O–H groups in total. The molecular weight excluding hydrogens is 277 g/mol. The van der Waals surface area contributed by atoms with Gasteiger partial charge in [0.25, 0.3) is 0 Å². The van der Waals surface area contributed by atoms with E-state index in [1.165, 1.54) is 0 Å². The van der Waals surface area contributed by atoms with Crippen LogP contribution in [-0.4, -0.2) is 23.5 Å². The summed E-state index contributed by atoms with van der Waals surface area (Å²) in [6.45, 7) is 0.500. The highest BCUT2D eigenvalue weighted by molar-refractivity contribution is 7.80. The van der Waals surface area contributed by atoms with Crippen LogP contribution in [0.1, 0.15) is 12.5 Å². The molecule has 19 heavy (non-hydrogen) atoms. The number of benzene rings is 1. The molecule has 8 heteroatoms. The lowest BCUT2D eigenvalue weighted by Crippen LogP contribution is -2.38. The van der Waals surface area contributed by atoms with Crippen molar-refractivity contribution < 1.29 is 13.2 Å². The first kappa shape index (κ1) is 15.2. The molecule has 0 bridgehead atoms. The van der Waals surface area contributed by atoms with Crippen LogP contribution in [0.25, 0.3) is 0 Å². The van der Waals surface area contributed by atoms with Crippen molar-refractivity contribution in [2.45, 2.75) is 13.1 Å². The molecule has 0 aliphatic heterocycles. The van der Waals surface area contributed by atoms with Crippen LogP contribution < -0.4 is 16.5 Å². The second-order valence-corrected chi connectivity index (χ2v) is 4.14. The zero-order valence-electron chi connectivity index (χ0n) is 10.1. The second-order valence-electron chi connectivity index (χ2n) is 3.73. The lowest BCUT2D eigenvalue weighted by atomic mass is 10.1. The van der Waals surface area contributed by atoms with Crippen LogP contribution in [0.15, 0.2) is 29.4 Å². The lowest BCUT2D eigenvalue weighted by molar-refractivity contribution is -0.122. The average molecular weight is 290 g/mol. The fraction of sp³-hybridized carbons (Fsp3) is 0.273. The number of nitrogens with two attached hydrogens (primary N) is 1. The van der Waals surface area contributed by atoms with Crippen molar-refractivity contribution in [3.05, 3.63) is 29.8 Å². The number of nitrogen functional groups attached to an aromatic ring is 1. The predicted octanol–water partition coefficient (Wildman–Crippen LogP) is 2.02. The number of hydrogen-bond acceptors (Lipinski definition) is 3. The summed E-state index contributed by atoms with van der Waals surface area (Å²) in [6.07, 6.45) is -4.32. The van der Waals surface area contributed by atoms with Gasteiger partial charge >= 0.3 is 6.18 Å². The highest BCUT2D eigenvalue weighted by Crippen LogP contribution is 2.12. The zero-order chi connectivity index (χ0) is 14.5. The van der Waals surface area contributed by atoms with Gasteiger partial charge in [-0.2, -0.15) is 18.3 Å². The molecule has 0 amide bonds. The maximum absolute atomic E-state index is 11.9. The zero-order valence-corrected chi connectivity index (χ0v) is 10.9. The molecule has 0 aliphatic carbocycles. The molecule has 0 heterocycles. The van der Waals surface area contributed by atoms with Gasteiger partial charge in [0.15, 0.2) is 5.11 Å². The first-order valence-electron chi connectivity index (χ1n) is 5.29. The molecule has 4 nitrogen and oxygen atoms in total. The number of halogens is 3. The topological polar surface area (TPSA) is 62.4 Å². The first-order valence-corrected chi connectivity index (χ1v) is 5.69. The quantitative estimate of drug-likeness (QED) is 0.345. The van der Waals surface area contributed by atoms with E-state index in [9.17, 15) is 13.2 Å². The minimum atomic E-state index is -4.32. The molecule has 0 atom stereocenters. The van der Waals surface area contributed by atoms with Crippen molar-refractivity contribution in [1.82, 2.24) is 10.7 Å². The summed E-state index contributed by atoms with van der Waals surface area (Å²) in [4.78, 5) is 0. The summed E-state index contributed by atoms with van der Waals surface area (Å²) in [6, 6.07) is 6.91. The highest BCUT2D eigenvalue weighted by atomic mass is 32.1. The van der Waals surface area contributed by atoms with Gasteiger partial charge in [0.1, 0.15) is 6.54 Å². The number of nitrogens with zero attached hydrogens (tertiary/aromatic N) is 1. The highest BCUT2D eigenvalue weighted by Gasteiger charge is 2.26. The molecule has 0 spiro atoms. The molecule has 0 aliphatic rings. The molecule has 1 rings (SSSR count). The van der Waals surface area contributed by atoms with Gasteiger partial charge < -0.3 is 11.1 Å². The van der Waals surface area contributed by atoms with Crippen LogP contribution in [0.5, 0.6) is 0 Å². The summed E-state index contributed by atoms with van der Waals surface area (Å²) in [5, 5.41) is 5.70. The van der Waals surface area contributed by atoms with Crippen LogP contribution in [0.2, 0.25) is 0 Å². The third-order valence-electron chi connectivity index (χ3n) is 2.10. The fourth-order valence-electron chi connectivity index (χ4n) is 1.14. The predicted molar refractivity (Wildman–Crippen MR) is 72.9 cm³/mol. The van der Waals surface area contributed by atoms with E-state index in [-0.39, 0.29) is 5.11 Å². The number of hydrazone groups is 1. The van der Waals surface area contributed by atoms with Gasteiger partial charge in [-0.15, -0.1) is 0 Å². The van der Waals surface area contributed by atoms with E-state index >= 15 is 0 Å². The Morgan fingerprint density at radius 2 is 1.89 bits per heavy atom. The maximum atomic E-state index is 11.9. The van der Waals surface area contributed by atoms with Crippen LogP contribution >= 0.6 is 12.2 Å². The molecular formula is C11H13F3N4S. The van der Waals surface area contributed by atoms with Crippen molar-refractivity contribution in [2.24, 2.45) is 5.10 Å². The Balaban J connectivity index is 2.52. The van der Waals surface area contributed by atoms with Gasteiger partial charge in [-0.3, -0.25) is 5.43 Å². The standard InChI is InChI=1S/C11H13F3N4S/c1-7(8-2-4-9(15)5-3-8)17-18-10(19)16-6-11(12,13)14/h2-5H,6,15H2,1H3,(H2,16,18,19)/b17-7-. The second kappa shape index (κ2) is 6.37. The summed E-state index contributed by atoms with van der Waals surface area (Å²) in [7, 11) is 0. The number of hydrogen-bond donors (Lipinski definition) is 3. The van der Waals surface area contributed by atoms with Crippen molar-refractivity contribution in [3.63, 3.8) is 0 Å². The fourth-order valence-corrected chi connectivity index (χ4v) is 1.26. The van der Waals surface area contributed by atoms with Crippen LogP contribution in [0, 0.1) is 0 Å². The van der Waals surface area contributed by atoms with Crippen LogP contribution in [-0.2, 0) is 0 Å². The van der Waals surface area contributed by atoms with E-state index in [4.69, 9.17) is 5.73 Å². The van der Waals surface area contributed by atoms with E-state index in [0.717, 1.165) is 5.56 Å². The van der Waals surface area contributed by atoms with Crippen molar-refractivity contribution in [2.75, 3.05) is 12.3 Å². The minimum absolute atomic E-state index is 0.188. The number of anilines is 1. The SMILES string of the molecule is C/C(=N/NC(=S)NCC(F)(F)F)c1ccc(N)cc1. The van der Waals surface area contributed by atoms with Crippen LogP contribution in [0.4, 0.5) is 18.9 Å². The summed E-state index contributed by atoms with van der Waals surface area (Å²) in [5.74, 6) is 0. The average Bonchev–Trinajstić information content (AvgIpc) is 2.33. The Bertz CT molecular complexity index is 468. The lowest BCUT2D eigenvalue weighted by Gasteiger charge is -2.10. The first-order chi connectivity index (χ1) is 8.78. The molecule has 104 valence electrons. The number of rotatable bonds is 3. The summed E-state index contributed by atoms with van der Waals surface area (Å²) >= 11 is 4.66. The van der Waals surface area contributed by atoms with E-state index in [2.05, 4.69) is 22.7 Å². The van der Waals surface area contributed by atoms with Crippen LogP contribution in [0.3, 0.4) is 0 Å². The van der Waals surface area contributed by atoms with E-state index < -0.39 is 12.7 Å². The molecule has 0 fully saturated rings. The molecule has 0 aromatic heterocycles. The van der Waals surface area contributed by atoms with Gasteiger partial charge in [0.2, 0.25) is 0 Å². The third kappa shape index (κ3) is 6.05. The van der Waals surface area contributed by atoms with Gasteiger partial charge in [0, 0.05) is 5.69 Å². The molecule has 0 saturated carbocycles. The number of thiocarbonyl (C=S) groups is 1. The summed E-state index contributed by atoms with van der Waals surface area (Å²) < 4.78 is 35.8.